The van der Waals surface area contributed by atoms with Crippen molar-refractivity contribution in [1.82, 2.24) is 15.5 Å². The van der Waals surface area contributed by atoms with Crippen molar-refractivity contribution >= 4 is 21.4 Å². The van der Waals surface area contributed by atoms with Crippen molar-refractivity contribution in [3.05, 3.63) is 34.7 Å². The number of likely N-dealkylation sites (N-methyl/N-ethyl adjacent to an activating group) is 1. The van der Waals surface area contributed by atoms with Crippen LogP contribution in [0.5, 0.6) is 0 Å². The van der Waals surface area contributed by atoms with Gasteiger partial charge in [0.05, 0.1) is 23.8 Å². The summed E-state index contributed by atoms with van der Waals surface area (Å²) in [6.07, 6.45) is 0. The second-order valence-corrected chi connectivity index (χ2v) is 7.52. The van der Waals surface area contributed by atoms with Gasteiger partial charge in [0.1, 0.15) is 0 Å². The summed E-state index contributed by atoms with van der Waals surface area (Å²) < 4.78 is 30.7. The fourth-order valence-electron chi connectivity index (χ4n) is 2.96. The summed E-state index contributed by atoms with van der Waals surface area (Å²) >= 11 is 0. The third kappa shape index (κ3) is 3.04. The summed E-state index contributed by atoms with van der Waals surface area (Å²) in [5.74, 6) is -0.597. The zero-order valence-electron chi connectivity index (χ0n) is 13.5. The summed E-state index contributed by atoms with van der Waals surface area (Å²) in [7, 11) is -2.36. The molecule has 0 spiro atoms. The monoisotopic (exact) mass is 351 g/mol. The molecule has 0 aliphatic carbocycles. The largest absolute Gasteiger partial charge is 0.382 e. The number of sulfone groups is 1. The molecule has 1 aromatic rings. The molecule has 3 rings (SSSR count). The minimum absolute atomic E-state index is 0.178. The predicted octanol–water partition coefficient (Wildman–Crippen LogP) is -0.190. The lowest BCUT2D eigenvalue weighted by molar-refractivity contribution is -0.116. The molecule has 0 aromatic heterocycles. The van der Waals surface area contributed by atoms with Crippen molar-refractivity contribution in [2.24, 2.45) is 0 Å². The Kier molecular flexibility index (Phi) is 4.88. The highest BCUT2D eigenvalue weighted by Gasteiger charge is 2.39. The Morgan fingerprint density at radius 2 is 1.96 bits per heavy atom. The number of benzene rings is 1. The van der Waals surface area contributed by atoms with Gasteiger partial charge in [0.15, 0.2) is 4.91 Å². The SMILES string of the molecule is CNC(=O)C1=C(NCCN2CCOCC2)c2ccccc2S1(=O)=O. The number of hydrogen-bond acceptors (Lipinski definition) is 6. The normalized spacial score (nSPS) is 19.9. The van der Waals surface area contributed by atoms with Crippen LogP contribution >= 0.6 is 0 Å². The number of fused-ring (bicyclic) bond motifs is 1. The lowest BCUT2D eigenvalue weighted by Crippen LogP contribution is -2.40. The van der Waals surface area contributed by atoms with Crippen molar-refractivity contribution in [1.29, 1.82) is 0 Å². The van der Waals surface area contributed by atoms with Crippen LogP contribution < -0.4 is 10.6 Å². The van der Waals surface area contributed by atoms with E-state index in [0.29, 0.717) is 31.0 Å². The van der Waals surface area contributed by atoms with Crippen molar-refractivity contribution in [2.75, 3.05) is 46.4 Å². The highest BCUT2D eigenvalue weighted by Crippen LogP contribution is 2.37. The van der Waals surface area contributed by atoms with Crippen molar-refractivity contribution in [2.45, 2.75) is 4.90 Å². The Labute approximate surface area is 141 Å². The second-order valence-electron chi connectivity index (χ2n) is 5.66. The maximum Gasteiger partial charge on any atom is 0.265 e. The Hall–Kier alpha value is -1.90. The van der Waals surface area contributed by atoms with Gasteiger partial charge in [-0.05, 0) is 6.07 Å². The molecule has 24 heavy (non-hydrogen) atoms. The zero-order valence-corrected chi connectivity index (χ0v) is 14.4. The van der Waals surface area contributed by atoms with E-state index < -0.39 is 15.7 Å². The molecule has 1 fully saturated rings. The molecule has 1 aromatic carbocycles. The number of amides is 1. The van der Waals surface area contributed by atoms with Crippen LogP contribution in [-0.4, -0.2) is 65.7 Å². The first-order valence-corrected chi connectivity index (χ1v) is 9.39. The van der Waals surface area contributed by atoms with Gasteiger partial charge in [-0.2, -0.15) is 0 Å². The molecule has 2 aliphatic heterocycles. The topological polar surface area (TPSA) is 87.7 Å². The lowest BCUT2D eigenvalue weighted by Gasteiger charge is -2.26. The lowest BCUT2D eigenvalue weighted by atomic mass is 10.1. The second kappa shape index (κ2) is 6.92. The molecule has 2 N–H and O–H groups in total. The average Bonchev–Trinajstić information content (AvgIpc) is 2.83. The van der Waals surface area contributed by atoms with Crippen LogP contribution in [0.25, 0.3) is 5.70 Å². The van der Waals surface area contributed by atoms with Crippen LogP contribution in [0.3, 0.4) is 0 Å². The molecule has 2 heterocycles. The molecule has 7 nitrogen and oxygen atoms in total. The molecule has 8 heteroatoms. The number of nitrogens with one attached hydrogen (secondary N) is 2. The molecular formula is C16H21N3O4S. The zero-order chi connectivity index (χ0) is 17.2. The summed E-state index contributed by atoms with van der Waals surface area (Å²) in [6.45, 7) is 4.46. The van der Waals surface area contributed by atoms with Crippen LogP contribution in [-0.2, 0) is 19.4 Å². The predicted molar refractivity (Wildman–Crippen MR) is 89.9 cm³/mol. The molecule has 2 aliphatic rings. The van der Waals surface area contributed by atoms with Gasteiger partial charge >= 0.3 is 0 Å². The average molecular weight is 351 g/mol. The van der Waals surface area contributed by atoms with E-state index in [2.05, 4.69) is 15.5 Å². The highest BCUT2D eigenvalue weighted by molar-refractivity contribution is 7.97. The first kappa shape index (κ1) is 16.9. The van der Waals surface area contributed by atoms with Crippen LogP contribution in [0.1, 0.15) is 5.56 Å². The van der Waals surface area contributed by atoms with Crippen LogP contribution in [0, 0.1) is 0 Å². The standard InChI is InChI=1S/C16H21N3O4S/c1-17-16(20)15-14(18-6-7-19-8-10-23-11-9-19)12-4-2-3-5-13(12)24(15,21)22/h2-5,18H,6-11H2,1H3,(H,17,20). The molecule has 0 atom stereocenters. The number of rotatable bonds is 5. The third-order valence-corrected chi connectivity index (χ3v) is 6.07. The molecule has 1 amide bonds. The molecule has 130 valence electrons. The fourth-order valence-corrected chi connectivity index (χ4v) is 4.70. The smallest absolute Gasteiger partial charge is 0.265 e. The van der Waals surface area contributed by atoms with E-state index >= 15 is 0 Å². The van der Waals surface area contributed by atoms with Crippen LogP contribution in [0.15, 0.2) is 34.1 Å². The maximum absolute atomic E-state index is 12.7. The van der Waals surface area contributed by atoms with Crippen LogP contribution in [0.4, 0.5) is 0 Å². The molecule has 0 saturated carbocycles. The van der Waals surface area contributed by atoms with Gasteiger partial charge in [0, 0.05) is 38.8 Å². The van der Waals surface area contributed by atoms with E-state index in [9.17, 15) is 13.2 Å². The minimum Gasteiger partial charge on any atom is -0.382 e. The quantitative estimate of drug-likeness (QED) is 0.765. The van der Waals surface area contributed by atoms with E-state index in [0.717, 1.165) is 19.6 Å². The maximum atomic E-state index is 12.7. The van der Waals surface area contributed by atoms with Gasteiger partial charge < -0.3 is 15.4 Å². The van der Waals surface area contributed by atoms with Gasteiger partial charge in [-0.1, -0.05) is 18.2 Å². The van der Waals surface area contributed by atoms with E-state index in [1.807, 2.05) is 0 Å². The Balaban J connectivity index is 1.84. The molecule has 0 unspecified atom stereocenters. The van der Waals surface area contributed by atoms with Gasteiger partial charge in [0.2, 0.25) is 9.84 Å². The Morgan fingerprint density at radius 1 is 1.25 bits per heavy atom. The number of ether oxygens (including phenoxy) is 1. The molecule has 0 radical (unpaired) electrons. The van der Waals surface area contributed by atoms with Gasteiger partial charge in [-0.25, -0.2) is 8.42 Å². The Bertz CT molecular complexity index is 767. The minimum atomic E-state index is -3.79. The third-order valence-electron chi connectivity index (χ3n) is 4.21. The van der Waals surface area contributed by atoms with E-state index in [4.69, 9.17) is 4.74 Å². The van der Waals surface area contributed by atoms with E-state index in [-0.39, 0.29) is 9.80 Å². The van der Waals surface area contributed by atoms with Gasteiger partial charge in [-0.15, -0.1) is 0 Å². The van der Waals surface area contributed by atoms with Crippen molar-refractivity contribution in [3.8, 4) is 0 Å². The van der Waals surface area contributed by atoms with Gasteiger partial charge in [0.25, 0.3) is 5.91 Å². The highest BCUT2D eigenvalue weighted by atomic mass is 32.2. The van der Waals surface area contributed by atoms with Gasteiger partial charge in [-0.3, -0.25) is 9.69 Å². The fraction of sp³-hybridized carbons (Fsp3) is 0.438. The van der Waals surface area contributed by atoms with Crippen LogP contribution in [0.2, 0.25) is 0 Å². The summed E-state index contributed by atoms with van der Waals surface area (Å²) in [5.41, 5.74) is 0.941. The number of nitrogens with zero attached hydrogens (tertiary/aromatic N) is 1. The summed E-state index contributed by atoms with van der Waals surface area (Å²) in [4.78, 5) is 14.4. The van der Waals surface area contributed by atoms with E-state index in [1.54, 1.807) is 18.2 Å². The number of carbonyl (C=O) groups is 1. The van der Waals surface area contributed by atoms with Crippen molar-refractivity contribution < 1.29 is 17.9 Å². The summed E-state index contributed by atoms with van der Waals surface area (Å²) in [6, 6.07) is 6.68. The number of morpholine rings is 1. The van der Waals surface area contributed by atoms with Crippen molar-refractivity contribution in [3.63, 3.8) is 0 Å². The number of hydrogen-bond donors (Lipinski definition) is 2. The molecular weight excluding hydrogens is 330 g/mol. The molecule has 1 saturated heterocycles. The first-order chi connectivity index (χ1) is 11.6. The first-order valence-electron chi connectivity index (χ1n) is 7.90. The number of carbonyl (C=O) groups excluding carboxylic acids is 1. The Morgan fingerprint density at radius 3 is 2.67 bits per heavy atom. The molecule has 0 bridgehead atoms. The summed E-state index contributed by atoms with van der Waals surface area (Å²) in [5, 5.41) is 5.59. The van der Waals surface area contributed by atoms with E-state index in [1.165, 1.54) is 13.1 Å².